The van der Waals surface area contributed by atoms with E-state index in [1.54, 1.807) is 23.0 Å². The van der Waals surface area contributed by atoms with Gasteiger partial charge in [0.2, 0.25) is 11.8 Å². The van der Waals surface area contributed by atoms with Gasteiger partial charge in [-0.3, -0.25) is 24.4 Å². The molecule has 11 nitrogen and oxygen atoms in total. The molecule has 0 radical (unpaired) electrons. The van der Waals surface area contributed by atoms with E-state index < -0.39 is 36.0 Å². The quantitative estimate of drug-likeness (QED) is 0.216. The molecule has 1 aromatic carbocycles. The molecule has 3 amide bonds. The number of aliphatic hydroxyl groups is 1. The number of amides is 3. The molecule has 1 aromatic heterocycles. The van der Waals surface area contributed by atoms with Crippen LogP contribution in [-0.4, -0.2) is 93.4 Å². The molecular weight excluding hydrogens is 601 g/mol. The SMILES string of the molecule is CCCC(O)N[C@@H](C(=O)N1CCN(C)[C@H](C)C1)[C@@H](C)c1ccc(NC(=O)[C@@H](NC(=O)c2ccnn2CC)C(C2CC2)C2CC2)c(F)c1. The first-order chi connectivity index (χ1) is 22.5. The van der Waals surface area contributed by atoms with Gasteiger partial charge < -0.3 is 25.5 Å². The van der Waals surface area contributed by atoms with Gasteiger partial charge in [-0.15, -0.1) is 0 Å². The molecule has 3 fully saturated rings. The van der Waals surface area contributed by atoms with Gasteiger partial charge >= 0.3 is 0 Å². The molecule has 5 atom stereocenters. The lowest BCUT2D eigenvalue weighted by atomic mass is 9.88. The minimum atomic E-state index is -0.876. The maximum absolute atomic E-state index is 15.8. The average molecular weight is 654 g/mol. The van der Waals surface area contributed by atoms with E-state index in [4.69, 9.17) is 0 Å². The molecule has 258 valence electrons. The van der Waals surface area contributed by atoms with Gasteiger partial charge in [-0.2, -0.15) is 5.10 Å². The third-order valence-electron chi connectivity index (χ3n) is 10.3. The average Bonchev–Trinajstić information content (AvgIpc) is 4.00. The molecule has 5 rings (SSSR count). The number of carbonyl (C=O) groups excluding carboxylic acids is 3. The van der Waals surface area contributed by atoms with Crippen LogP contribution in [0.5, 0.6) is 0 Å². The first-order valence-electron chi connectivity index (χ1n) is 17.4. The zero-order valence-corrected chi connectivity index (χ0v) is 28.4. The van der Waals surface area contributed by atoms with Gasteiger partial charge in [-0.25, -0.2) is 4.39 Å². The van der Waals surface area contributed by atoms with Crippen molar-refractivity contribution in [1.29, 1.82) is 0 Å². The van der Waals surface area contributed by atoms with E-state index in [9.17, 15) is 19.5 Å². The molecule has 0 spiro atoms. The van der Waals surface area contributed by atoms with Gasteiger partial charge in [0, 0.05) is 44.3 Å². The van der Waals surface area contributed by atoms with Gasteiger partial charge in [0.05, 0.1) is 11.7 Å². The number of aromatic nitrogens is 2. The normalized spacial score (nSPS) is 21.3. The van der Waals surface area contributed by atoms with Crippen LogP contribution < -0.4 is 16.0 Å². The molecule has 2 aromatic rings. The number of halogens is 1. The third kappa shape index (κ3) is 8.39. The van der Waals surface area contributed by atoms with Crippen molar-refractivity contribution in [2.45, 2.75) is 103 Å². The van der Waals surface area contributed by atoms with E-state index >= 15 is 4.39 Å². The van der Waals surface area contributed by atoms with Crippen molar-refractivity contribution < 1.29 is 23.9 Å². The summed E-state index contributed by atoms with van der Waals surface area (Å²) in [6.45, 7) is 10.2. The zero-order valence-electron chi connectivity index (χ0n) is 28.4. The monoisotopic (exact) mass is 653 g/mol. The fraction of sp³-hybridized carbons (Fsp3) is 0.657. The van der Waals surface area contributed by atoms with Crippen LogP contribution >= 0.6 is 0 Å². The number of hydrogen-bond acceptors (Lipinski definition) is 7. The summed E-state index contributed by atoms with van der Waals surface area (Å²) in [6.07, 6.45) is 5.98. The number of nitrogens with one attached hydrogen (secondary N) is 3. The lowest BCUT2D eigenvalue weighted by molar-refractivity contribution is -0.137. The second-order valence-electron chi connectivity index (χ2n) is 13.8. The molecule has 1 unspecified atom stereocenters. The zero-order chi connectivity index (χ0) is 33.8. The number of carbonyl (C=O) groups is 3. The largest absolute Gasteiger partial charge is 0.379 e. The van der Waals surface area contributed by atoms with E-state index in [-0.39, 0.29) is 29.5 Å². The van der Waals surface area contributed by atoms with Crippen molar-refractivity contribution in [3.05, 3.63) is 47.5 Å². The highest BCUT2D eigenvalue weighted by atomic mass is 19.1. The van der Waals surface area contributed by atoms with Crippen molar-refractivity contribution in [1.82, 2.24) is 30.2 Å². The van der Waals surface area contributed by atoms with Crippen LogP contribution in [0.1, 0.15) is 88.2 Å². The van der Waals surface area contributed by atoms with Crippen LogP contribution in [0, 0.1) is 23.6 Å². The Kier molecular flexibility index (Phi) is 11.3. The first kappa shape index (κ1) is 35.0. The summed E-state index contributed by atoms with van der Waals surface area (Å²) in [7, 11) is 2.04. The van der Waals surface area contributed by atoms with Gasteiger partial charge in [0.1, 0.15) is 23.8 Å². The van der Waals surface area contributed by atoms with Crippen molar-refractivity contribution in [3.8, 4) is 0 Å². The van der Waals surface area contributed by atoms with E-state index in [0.717, 1.165) is 38.6 Å². The van der Waals surface area contributed by atoms with Gasteiger partial charge in [0.15, 0.2) is 0 Å². The minimum absolute atomic E-state index is 0.0102. The third-order valence-corrected chi connectivity index (χ3v) is 10.3. The van der Waals surface area contributed by atoms with E-state index in [0.29, 0.717) is 49.1 Å². The Morgan fingerprint density at radius 1 is 1.06 bits per heavy atom. The molecule has 1 aliphatic heterocycles. The standard InChI is InChI=1S/C35H52FN7O4/c1-6-8-29(44)39-31(35(47)42-18-17-41(5)21(3)20-42)22(4)25-13-14-27(26(36)19-25)38-34(46)32(30(23-9-10-23)24-11-12-24)40-33(45)28-15-16-37-43(28)7-2/h13-16,19,21-24,29-32,39,44H,6-12,17-18,20H2,1-5H3,(H,38,46)(H,40,45)/t21-,22+,29?,31-,32+/m1/s1. The van der Waals surface area contributed by atoms with Crippen LogP contribution in [0.2, 0.25) is 0 Å². The maximum atomic E-state index is 15.8. The molecule has 0 bridgehead atoms. The Hall–Kier alpha value is -3.35. The Morgan fingerprint density at radius 3 is 2.36 bits per heavy atom. The smallest absolute Gasteiger partial charge is 0.270 e. The van der Waals surface area contributed by atoms with Crippen molar-refractivity contribution >= 4 is 23.4 Å². The molecule has 1 saturated heterocycles. The van der Waals surface area contributed by atoms with Gasteiger partial charge in [-0.1, -0.05) is 26.3 Å². The Bertz CT molecular complexity index is 1400. The van der Waals surface area contributed by atoms with E-state index in [1.165, 1.54) is 12.1 Å². The van der Waals surface area contributed by atoms with Crippen LogP contribution in [0.4, 0.5) is 10.1 Å². The predicted octanol–water partition coefficient (Wildman–Crippen LogP) is 3.56. The number of hydrogen-bond donors (Lipinski definition) is 4. The Labute approximate surface area is 277 Å². The number of benzene rings is 1. The minimum Gasteiger partial charge on any atom is -0.379 e. The number of aryl methyl sites for hydroxylation is 1. The highest BCUT2D eigenvalue weighted by molar-refractivity contribution is 6.01. The van der Waals surface area contributed by atoms with Crippen LogP contribution in [0.3, 0.4) is 0 Å². The van der Waals surface area contributed by atoms with Gasteiger partial charge in [-0.05, 0) is 94.5 Å². The lowest BCUT2D eigenvalue weighted by Gasteiger charge is -2.40. The fourth-order valence-corrected chi connectivity index (χ4v) is 6.98. The highest BCUT2D eigenvalue weighted by Gasteiger charge is 2.48. The highest BCUT2D eigenvalue weighted by Crippen LogP contribution is 2.51. The van der Waals surface area contributed by atoms with Crippen molar-refractivity contribution in [2.75, 3.05) is 32.0 Å². The van der Waals surface area contributed by atoms with Crippen LogP contribution in [-0.2, 0) is 16.1 Å². The second kappa shape index (κ2) is 15.3. The summed E-state index contributed by atoms with van der Waals surface area (Å²) < 4.78 is 17.4. The number of anilines is 1. The summed E-state index contributed by atoms with van der Waals surface area (Å²) in [5, 5.41) is 23.7. The van der Waals surface area contributed by atoms with E-state index in [1.807, 2.05) is 32.7 Å². The summed E-state index contributed by atoms with van der Waals surface area (Å²) in [4.78, 5) is 45.0. The Balaban J connectivity index is 1.34. The van der Waals surface area contributed by atoms with Crippen molar-refractivity contribution in [3.63, 3.8) is 0 Å². The van der Waals surface area contributed by atoms with Gasteiger partial charge in [0.25, 0.3) is 5.91 Å². The topological polar surface area (TPSA) is 132 Å². The van der Waals surface area contributed by atoms with Crippen LogP contribution in [0.15, 0.2) is 30.5 Å². The number of nitrogens with zero attached hydrogens (tertiary/aromatic N) is 4. The number of aliphatic hydroxyl groups excluding tert-OH is 1. The predicted molar refractivity (Wildman–Crippen MR) is 178 cm³/mol. The lowest BCUT2D eigenvalue weighted by Crippen LogP contribution is -2.58. The molecule has 3 aliphatic rings. The molecule has 2 heterocycles. The molecule has 47 heavy (non-hydrogen) atoms. The number of rotatable bonds is 15. The Morgan fingerprint density at radius 2 is 1.77 bits per heavy atom. The molecule has 4 N–H and O–H groups in total. The van der Waals surface area contributed by atoms with Crippen molar-refractivity contribution in [2.24, 2.45) is 17.8 Å². The number of likely N-dealkylation sites (N-methyl/N-ethyl adjacent to an activating group) is 1. The molecule has 12 heteroatoms. The van der Waals surface area contributed by atoms with Crippen LogP contribution in [0.25, 0.3) is 0 Å². The summed E-state index contributed by atoms with van der Waals surface area (Å²) in [5.41, 5.74) is 0.973. The summed E-state index contributed by atoms with van der Waals surface area (Å²) >= 11 is 0. The maximum Gasteiger partial charge on any atom is 0.270 e. The molecular formula is C35H52FN7O4. The van der Waals surface area contributed by atoms with E-state index in [2.05, 4.69) is 32.9 Å². The first-order valence-corrected chi connectivity index (χ1v) is 17.4. The summed E-state index contributed by atoms with van der Waals surface area (Å²) in [5.74, 6) is -1.32. The second-order valence-corrected chi connectivity index (χ2v) is 13.8. The number of piperazine rings is 1. The molecule has 2 aliphatic carbocycles. The molecule has 2 saturated carbocycles. The summed E-state index contributed by atoms with van der Waals surface area (Å²) in [6, 6.07) is 4.86. The fourth-order valence-electron chi connectivity index (χ4n) is 6.98.